The van der Waals surface area contributed by atoms with Crippen LogP contribution < -0.4 is 11.5 Å². The smallest absolute Gasteiger partial charge is 0.189 e. The van der Waals surface area contributed by atoms with Crippen LogP contribution in [0.15, 0.2) is 36.4 Å². The molecule has 4 aromatic rings. The van der Waals surface area contributed by atoms with Gasteiger partial charge in [0.1, 0.15) is 16.0 Å². The van der Waals surface area contributed by atoms with Gasteiger partial charge in [-0.3, -0.25) is 0 Å². The van der Waals surface area contributed by atoms with Gasteiger partial charge in [-0.2, -0.15) is 0 Å². The van der Waals surface area contributed by atoms with E-state index >= 15 is 0 Å². The highest BCUT2D eigenvalue weighted by molar-refractivity contribution is 7.80. The zero-order chi connectivity index (χ0) is 24.7. The molecule has 0 atom stereocenters. The first-order valence-corrected chi connectivity index (χ1v) is 11.0. The second-order valence-corrected chi connectivity index (χ2v) is 8.80. The summed E-state index contributed by atoms with van der Waals surface area (Å²) in [6.07, 6.45) is 0. The summed E-state index contributed by atoms with van der Waals surface area (Å²) in [5.41, 5.74) is 15.4. The Labute approximate surface area is 210 Å². The molecule has 0 spiro atoms. The van der Waals surface area contributed by atoms with Crippen LogP contribution in [0.2, 0.25) is 0 Å². The third-order valence-electron chi connectivity index (χ3n) is 4.32. The van der Waals surface area contributed by atoms with Crippen molar-refractivity contribution in [3.8, 4) is 0 Å². The Morgan fingerprint density at radius 2 is 1.32 bits per heavy atom. The summed E-state index contributed by atoms with van der Waals surface area (Å²) in [5.74, 6) is 0. The van der Waals surface area contributed by atoms with Gasteiger partial charge < -0.3 is 11.5 Å². The van der Waals surface area contributed by atoms with Crippen LogP contribution in [0.3, 0.4) is 0 Å². The molecule has 2 aromatic heterocycles. The van der Waals surface area contributed by atoms with Gasteiger partial charge >= 0.3 is 0 Å². The number of rotatable bonds is 3. The minimum absolute atomic E-state index is 0. The Kier molecular flexibility index (Phi) is 10.6. The van der Waals surface area contributed by atoms with Crippen LogP contribution in [0.5, 0.6) is 0 Å². The molecule has 0 saturated carbocycles. The lowest BCUT2D eigenvalue weighted by Crippen LogP contribution is -2.09. The van der Waals surface area contributed by atoms with Gasteiger partial charge in [-0.25, -0.2) is 14.2 Å². The molecule has 0 fully saturated rings. The van der Waals surface area contributed by atoms with Crippen molar-refractivity contribution in [2.75, 3.05) is 0 Å². The minimum Gasteiger partial charge on any atom is -0.394 e. The molecule has 0 aliphatic carbocycles. The second-order valence-electron chi connectivity index (χ2n) is 7.72. The maximum atomic E-state index is 6.88. The zero-order valence-corrected chi connectivity index (χ0v) is 20.9. The van der Waals surface area contributed by atoms with E-state index in [2.05, 4.69) is 65.4 Å². The number of hydrogen-bond donors (Lipinski definition) is 2. The van der Waals surface area contributed by atoms with Gasteiger partial charge in [0.05, 0.1) is 22.6 Å². The molecule has 0 aliphatic rings. The maximum Gasteiger partial charge on any atom is 0.189 e. The van der Waals surface area contributed by atoms with Crippen molar-refractivity contribution in [1.82, 2.24) is 30.0 Å². The molecule has 0 radical (unpaired) electrons. The normalized spacial score (nSPS) is 10.1. The van der Waals surface area contributed by atoms with Gasteiger partial charge in [-0.1, -0.05) is 48.4 Å². The van der Waals surface area contributed by atoms with Crippen LogP contribution in [0.4, 0.5) is 5.69 Å². The van der Waals surface area contributed by atoms with Gasteiger partial charge in [-0.05, 0) is 65.0 Å². The minimum atomic E-state index is 0. The molecule has 0 saturated heterocycles. The molecule has 0 unspecified atom stereocenters. The van der Waals surface area contributed by atoms with Gasteiger partial charge in [0.15, 0.2) is 5.69 Å². The lowest BCUT2D eigenvalue weighted by atomic mass is 10.2. The van der Waals surface area contributed by atoms with Gasteiger partial charge in [0, 0.05) is 17.6 Å². The van der Waals surface area contributed by atoms with Gasteiger partial charge in [-0.15, -0.1) is 10.2 Å². The molecule has 2 heterocycles. The van der Waals surface area contributed by atoms with Crippen molar-refractivity contribution in [1.29, 1.82) is 0 Å². The fourth-order valence-corrected chi connectivity index (χ4v) is 2.98. The van der Waals surface area contributed by atoms with Crippen molar-refractivity contribution >= 4 is 62.2 Å². The second kappa shape index (κ2) is 12.7. The molecule has 11 heteroatoms. The molecule has 0 aliphatic heterocycles. The van der Waals surface area contributed by atoms with Crippen molar-refractivity contribution < 1.29 is 0 Å². The van der Waals surface area contributed by atoms with E-state index in [-0.39, 0.29) is 7.43 Å². The zero-order valence-electron chi connectivity index (χ0n) is 19.2. The first kappa shape index (κ1) is 28.5. The predicted octanol–water partition coefficient (Wildman–Crippen LogP) is 5.14. The molecular formula is C23H31N9S2. The molecule has 0 bridgehead atoms. The SMILES string of the molecule is C.CC(C)n1nnc2cc(C(N)=S)ccc21.CC(N)=S.[C-]#[N+]c1ccc2c(c1)nnn2C(C)C. The number of aromatic nitrogens is 6. The van der Waals surface area contributed by atoms with Crippen molar-refractivity contribution in [3.63, 3.8) is 0 Å². The first-order valence-electron chi connectivity index (χ1n) is 10.2. The highest BCUT2D eigenvalue weighted by atomic mass is 32.1. The summed E-state index contributed by atoms with van der Waals surface area (Å²) < 4.78 is 3.72. The van der Waals surface area contributed by atoms with Crippen LogP contribution in [0.25, 0.3) is 26.9 Å². The fraction of sp³-hybridized carbons (Fsp3) is 0.348. The standard InChI is InChI=1S/C10H12N4S.C10H10N4.C2H5NS.CH4/c1-6(2)14-9-4-3-7(10(11)15)5-8(9)12-13-14;1-7(2)14-10-5-4-8(11-3)6-9(10)12-13-14;1-2(3)4;/h3-6H,1-2H3,(H2,11,15);4-7H,1-2H3;1H3,(H2,3,4);1H4. The average Bonchev–Trinajstić information content (AvgIpc) is 3.37. The summed E-state index contributed by atoms with van der Waals surface area (Å²) in [7, 11) is 0. The quantitative estimate of drug-likeness (QED) is 0.295. The van der Waals surface area contributed by atoms with E-state index in [4.69, 9.17) is 30.3 Å². The molecular weight excluding hydrogens is 466 g/mol. The van der Waals surface area contributed by atoms with E-state index in [1.165, 1.54) is 0 Å². The van der Waals surface area contributed by atoms with Crippen molar-refractivity contribution in [3.05, 3.63) is 53.4 Å². The monoisotopic (exact) mass is 497 g/mol. The Bertz CT molecular complexity index is 1310. The summed E-state index contributed by atoms with van der Waals surface area (Å²) in [6, 6.07) is 11.7. The van der Waals surface area contributed by atoms with Crippen LogP contribution in [0, 0.1) is 6.57 Å². The number of thiocarbonyl (C=S) groups is 2. The summed E-state index contributed by atoms with van der Waals surface area (Å²) in [5, 5.41) is 16.2. The number of nitrogens with two attached hydrogens (primary N) is 2. The maximum absolute atomic E-state index is 6.88. The fourth-order valence-electron chi connectivity index (χ4n) is 2.86. The summed E-state index contributed by atoms with van der Waals surface area (Å²) in [6.45, 7) is 16.8. The van der Waals surface area contributed by atoms with E-state index in [1.807, 2.05) is 33.6 Å². The van der Waals surface area contributed by atoms with E-state index in [0.29, 0.717) is 27.7 Å². The van der Waals surface area contributed by atoms with Gasteiger partial charge in [0.2, 0.25) is 0 Å². The molecule has 4 N–H and O–H groups in total. The topological polar surface area (TPSA) is 118 Å². The Morgan fingerprint density at radius 3 is 1.74 bits per heavy atom. The van der Waals surface area contributed by atoms with Crippen molar-refractivity contribution in [2.45, 2.75) is 54.1 Å². The highest BCUT2D eigenvalue weighted by Crippen LogP contribution is 2.21. The van der Waals surface area contributed by atoms with E-state index < -0.39 is 0 Å². The first-order chi connectivity index (χ1) is 15.5. The van der Waals surface area contributed by atoms with Gasteiger partial charge in [0.25, 0.3) is 0 Å². The van der Waals surface area contributed by atoms with E-state index in [0.717, 1.165) is 27.6 Å². The van der Waals surface area contributed by atoms with Crippen LogP contribution >= 0.6 is 24.4 Å². The van der Waals surface area contributed by atoms with Crippen LogP contribution in [-0.4, -0.2) is 40.0 Å². The molecule has 9 nitrogen and oxygen atoms in total. The van der Waals surface area contributed by atoms with Crippen LogP contribution in [-0.2, 0) is 0 Å². The molecule has 4 rings (SSSR count). The Morgan fingerprint density at radius 1 is 0.882 bits per heavy atom. The molecule has 2 aromatic carbocycles. The highest BCUT2D eigenvalue weighted by Gasteiger charge is 2.09. The number of benzene rings is 2. The largest absolute Gasteiger partial charge is 0.394 e. The molecule has 0 amide bonds. The van der Waals surface area contributed by atoms with Crippen LogP contribution in [0.1, 0.15) is 59.7 Å². The number of fused-ring (bicyclic) bond motifs is 2. The van der Waals surface area contributed by atoms with E-state index in [1.54, 1.807) is 19.1 Å². The lowest BCUT2D eigenvalue weighted by molar-refractivity contribution is 0.530. The number of hydrogen-bond acceptors (Lipinski definition) is 6. The Balaban J connectivity index is 0.000000288. The third kappa shape index (κ3) is 7.26. The lowest BCUT2D eigenvalue weighted by Gasteiger charge is -2.05. The predicted molar refractivity (Wildman–Crippen MR) is 147 cm³/mol. The summed E-state index contributed by atoms with van der Waals surface area (Å²) in [4.78, 5) is 4.23. The molecule has 180 valence electrons. The van der Waals surface area contributed by atoms with E-state index in [9.17, 15) is 0 Å². The third-order valence-corrected chi connectivity index (χ3v) is 4.55. The average molecular weight is 498 g/mol. The summed E-state index contributed by atoms with van der Waals surface area (Å²) >= 11 is 9.22. The number of nitrogens with zero attached hydrogens (tertiary/aromatic N) is 7. The van der Waals surface area contributed by atoms with Crippen molar-refractivity contribution in [2.24, 2.45) is 11.5 Å². The Hall–Kier alpha value is -3.49. The molecule has 34 heavy (non-hydrogen) atoms.